The maximum atomic E-state index is 12.2. The highest BCUT2D eigenvalue weighted by atomic mass is 19.3. The standard InChI is InChI=1S/C14H21F2NO/c1-3-10-17-11(2)8-9-12-6-4-5-7-13(12)18-14(15)16/h4-7,11,14,17H,3,8-10H2,1-2H3. The summed E-state index contributed by atoms with van der Waals surface area (Å²) in [6.45, 7) is 2.44. The van der Waals surface area contributed by atoms with Gasteiger partial charge in [0.25, 0.3) is 0 Å². The summed E-state index contributed by atoms with van der Waals surface area (Å²) >= 11 is 0. The number of aryl methyl sites for hydroxylation is 1. The molecule has 1 aromatic carbocycles. The van der Waals surface area contributed by atoms with E-state index in [-0.39, 0.29) is 5.75 Å². The highest BCUT2D eigenvalue weighted by Crippen LogP contribution is 2.21. The van der Waals surface area contributed by atoms with Crippen LogP contribution in [0.1, 0.15) is 32.3 Å². The van der Waals surface area contributed by atoms with E-state index in [0.717, 1.165) is 31.4 Å². The number of hydrogen-bond acceptors (Lipinski definition) is 2. The van der Waals surface area contributed by atoms with Gasteiger partial charge in [-0.2, -0.15) is 8.78 Å². The average Bonchev–Trinajstić information content (AvgIpc) is 2.34. The smallest absolute Gasteiger partial charge is 0.387 e. The zero-order valence-electron chi connectivity index (χ0n) is 11.0. The largest absolute Gasteiger partial charge is 0.435 e. The van der Waals surface area contributed by atoms with Crippen molar-refractivity contribution in [2.45, 2.75) is 45.8 Å². The number of alkyl halides is 2. The maximum Gasteiger partial charge on any atom is 0.387 e. The van der Waals surface area contributed by atoms with Crippen molar-refractivity contribution >= 4 is 0 Å². The molecule has 0 aliphatic rings. The van der Waals surface area contributed by atoms with E-state index in [4.69, 9.17) is 0 Å². The van der Waals surface area contributed by atoms with Crippen molar-refractivity contribution in [3.63, 3.8) is 0 Å². The lowest BCUT2D eigenvalue weighted by Gasteiger charge is -2.15. The molecule has 0 amide bonds. The second-order valence-electron chi connectivity index (χ2n) is 4.38. The van der Waals surface area contributed by atoms with E-state index in [9.17, 15) is 8.78 Å². The molecular formula is C14H21F2NO. The van der Waals surface area contributed by atoms with Crippen LogP contribution in [-0.4, -0.2) is 19.2 Å². The summed E-state index contributed by atoms with van der Waals surface area (Å²) in [6, 6.07) is 7.36. The number of benzene rings is 1. The summed E-state index contributed by atoms with van der Waals surface area (Å²) in [7, 11) is 0. The van der Waals surface area contributed by atoms with Gasteiger partial charge in [0.15, 0.2) is 0 Å². The lowest BCUT2D eigenvalue weighted by atomic mass is 10.1. The summed E-state index contributed by atoms with van der Waals surface area (Å²) in [6.07, 6.45) is 2.74. The molecule has 0 fully saturated rings. The van der Waals surface area contributed by atoms with E-state index in [1.165, 1.54) is 0 Å². The Labute approximate surface area is 107 Å². The molecule has 1 rings (SSSR count). The van der Waals surface area contributed by atoms with Crippen molar-refractivity contribution in [2.24, 2.45) is 0 Å². The third-order valence-corrected chi connectivity index (χ3v) is 2.78. The van der Waals surface area contributed by atoms with Crippen LogP contribution in [-0.2, 0) is 6.42 Å². The SMILES string of the molecule is CCCNC(C)CCc1ccccc1OC(F)F. The lowest BCUT2D eigenvalue weighted by Crippen LogP contribution is -2.27. The molecule has 0 aromatic heterocycles. The lowest BCUT2D eigenvalue weighted by molar-refractivity contribution is -0.0504. The number of rotatable bonds is 8. The molecule has 0 bridgehead atoms. The fraction of sp³-hybridized carbons (Fsp3) is 0.571. The van der Waals surface area contributed by atoms with E-state index in [1.54, 1.807) is 12.1 Å². The van der Waals surface area contributed by atoms with Gasteiger partial charge in [-0.3, -0.25) is 0 Å². The quantitative estimate of drug-likeness (QED) is 0.768. The predicted octanol–water partition coefficient (Wildman–Crippen LogP) is 3.61. The summed E-state index contributed by atoms with van der Waals surface area (Å²) in [5.41, 5.74) is 0.836. The fourth-order valence-corrected chi connectivity index (χ4v) is 1.79. The molecular weight excluding hydrogens is 236 g/mol. The van der Waals surface area contributed by atoms with Gasteiger partial charge in [0.05, 0.1) is 0 Å². The molecule has 0 heterocycles. The monoisotopic (exact) mass is 257 g/mol. The van der Waals surface area contributed by atoms with E-state index < -0.39 is 6.61 Å². The number of hydrogen-bond donors (Lipinski definition) is 1. The van der Waals surface area contributed by atoms with Crippen LogP contribution in [0.15, 0.2) is 24.3 Å². The van der Waals surface area contributed by atoms with Crippen molar-refractivity contribution in [1.82, 2.24) is 5.32 Å². The number of para-hydroxylation sites is 1. The first kappa shape index (κ1) is 14.9. The summed E-state index contributed by atoms with van der Waals surface area (Å²) in [4.78, 5) is 0. The predicted molar refractivity (Wildman–Crippen MR) is 69.2 cm³/mol. The van der Waals surface area contributed by atoms with Gasteiger partial charge < -0.3 is 10.1 Å². The number of ether oxygens (including phenoxy) is 1. The van der Waals surface area contributed by atoms with Gasteiger partial charge >= 0.3 is 6.61 Å². The van der Waals surface area contributed by atoms with Crippen molar-refractivity contribution in [2.75, 3.05) is 6.54 Å². The molecule has 0 radical (unpaired) electrons. The molecule has 1 N–H and O–H groups in total. The normalized spacial score (nSPS) is 12.7. The molecule has 0 saturated heterocycles. The van der Waals surface area contributed by atoms with Crippen LogP contribution >= 0.6 is 0 Å². The van der Waals surface area contributed by atoms with Crippen LogP contribution in [0.2, 0.25) is 0 Å². The van der Waals surface area contributed by atoms with Crippen LogP contribution in [0.3, 0.4) is 0 Å². The van der Waals surface area contributed by atoms with E-state index in [0.29, 0.717) is 6.04 Å². The molecule has 0 saturated carbocycles. The zero-order valence-corrected chi connectivity index (χ0v) is 11.0. The van der Waals surface area contributed by atoms with Gasteiger partial charge in [-0.25, -0.2) is 0 Å². The Hall–Kier alpha value is -1.16. The Balaban J connectivity index is 2.50. The summed E-state index contributed by atoms with van der Waals surface area (Å²) < 4.78 is 29.0. The van der Waals surface area contributed by atoms with Crippen LogP contribution in [0.5, 0.6) is 5.75 Å². The molecule has 1 atom stereocenters. The fourth-order valence-electron chi connectivity index (χ4n) is 1.79. The summed E-state index contributed by atoms with van der Waals surface area (Å²) in [5, 5.41) is 3.37. The van der Waals surface area contributed by atoms with E-state index >= 15 is 0 Å². The number of nitrogens with one attached hydrogen (secondary N) is 1. The Morgan fingerprint density at radius 3 is 2.67 bits per heavy atom. The zero-order chi connectivity index (χ0) is 13.4. The highest BCUT2D eigenvalue weighted by molar-refractivity contribution is 5.33. The second kappa shape index (κ2) is 8.03. The third kappa shape index (κ3) is 5.45. The molecule has 2 nitrogen and oxygen atoms in total. The molecule has 0 spiro atoms. The van der Waals surface area contributed by atoms with E-state index in [1.807, 2.05) is 12.1 Å². The van der Waals surface area contributed by atoms with Crippen molar-refractivity contribution in [1.29, 1.82) is 0 Å². The highest BCUT2D eigenvalue weighted by Gasteiger charge is 2.10. The van der Waals surface area contributed by atoms with Crippen LogP contribution in [0.25, 0.3) is 0 Å². The molecule has 1 unspecified atom stereocenters. The molecule has 18 heavy (non-hydrogen) atoms. The van der Waals surface area contributed by atoms with Gasteiger partial charge in [0, 0.05) is 6.04 Å². The molecule has 102 valence electrons. The first-order valence-corrected chi connectivity index (χ1v) is 6.39. The first-order chi connectivity index (χ1) is 8.63. The van der Waals surface area contributed by atoms with Gasteiger partial charge in [-0.15, -0.1) is 0 Å². The average molecular weight is 257 g/mol. The van der Waals surface area contributed by atoms with Gasteiger partial charge in [0.2, 0.25) is 0 Å². The van der Waals surface area contributed by atoms with Gasteiger partial charge in [0.1, 0.15) is 5.75 Å². The molecule has 0 aliphatic carbocycles. The van der Waals surface area contributed by atoms with Crippen LogP contribution in [0.4, 0.5) is 8.78 Å². The minimum Gasteiger partial charge on any atom is -0.435 e. The Kier molecular flexibility index (Phi) is 6.65. The Morgan fingerprint density at radius 2 is 2.00 bits per heavy atom. The van der Waals surface area contributed by atoms with Crippen molar-refractivity contribution in [3.05, 3.63) is 29.8 Å². The van der Waals surface area contributed by atoms with Crippen LogP contribution in [0, 0.1) is 0 Å². The molecule has 4 heteroatoms. The summed E-state index contributed by atoms with van der Waals surface area (Å²) in [5.74, 6) is 0.287. The van der Waals surface area contributed by atoms with Gasteiger partial charge in [-0.05, 0) is 44.4 Å². The maximum absolute atomic E-state index is 12.2. The second-order valence-corrected chi connectivity index (χ2v) is 4.38. The van der Waals surface area contributed by atoms with Gasteiger partial charge in [-0.1, -0.05) is 25.1 Å². The third-order valence-electron chi connectivity index (χ3n) is 2.78. The minimum absolute atomic E-state index is 0.287. The Bertz CT molecular complexity index is 344. The Morgan fingerprint density at radius 1 is 1.28 bits per heavy atom. The number of halogens is 2. The van der Waals surface area contributed by atoms with Crippen molar-refractivity contribution in [3.8, 4) is 5.75 Å². The molecule has 0 aliphatic heterocycles. The van der Waals surface area contributed by atoms with Crippen molar-refractivity contribution < 1.29 is 13.5 Å². The van der Waals surface area contributed by atoms with Crippen LogP contribution < -0.4 is 10.1 Å². The first-order valence-electron chi connectivity index (χ1n) is 6.39. The minimum atomic E-state index is -2.76. The van der Waals surface area contributed by atoms with E-state index in [2.05, 4.69) is 23.9 Å². The molecule has 1 aromatic rings. The topological polar surface area (TPSA) is 21.3 Å².